The van der Waals surface area contributed by atoms with E-state index in [9.17, 15) is 4.79 Å². The van der Waals surface area contributed by atoms with Gasteiger partial charge in [0.15, 0.2) is 0 Å². The van der Waals surface area contributed by atoms with E-state index in [1.165, 1.54) is 0 Å². The van der Waals surface area contributed by atoms with Gasteiger partial charge in [-0.25, -0.2) is 4.98 Å². The van der Waals surface area contributed by atoms with Crippen LogP contribution in [-0.4, -0.2) is 28.4 Å². The van der Waals surface area contributed by atoms with E-state index < -0.39 is 10.4 Å². The van der Waals surface area contributed by atoms with Crippen molar-refractivity contribution in [2.45, 2.75) is 19.8 Å². The number of anilines is 2. The Labute approximate surface area is 151 Å². The van der Waals surface area contributed by atoms with E-state index in [0.717, 1.165) is 34.3 Å². The zero-order valence-electron chi connectivity index (χ0n) is 14.0. The standard InChI is InChI=1S/C17H17N3O.H2O4S/c1-2-5-16(21)19-11-6-3-7-12-13-8-4-9-14(18)17(13)20-15(12)10-11;1-5(2,3)4/h3-4,6-10H,2,5,18H2,1H3,(H,19,21);(H2,1,2,3,4). The summed E-state index contributed by atoms with van der Waals surface area (Å²) in [6, 6.07) is 13.5. The van der Waals surface area contributed by atoms with E-state index in [1.54, 1.807) is 0 Å². The average Bonchev–Trinajstić information content (AvgIpc) is 2.73. The van der Waals surface area contributed by atoms with Gasteiger partial charge in [0.25, 0.3) is 0 Å². The molecule has 1 amide bonds. The molecule has 0 saturated heterocycles. The van der Waals surface area contributed by atoms with Crippen LogP contribution in [0.1, 0.15) is 19.8 Å². The first-order chi connectivity index (χ1) is 12.2. The molecule has 1 aliphatic carbocycles. The van der Waals surface area contributed by atoms with Crippen LogP contribution >= 0.6 is 0 Å². The SMILES string of the molecule is CCCC(=O)Nc1cccc2c3cccc(N)c3nc-2c1.O=S(=O)(O)O. The molecule has 0 bridgehead atoms. The molecule has 0 unspecified atom stereocenters. The number of aromatic nitrogens is 1. The number of fused-ring (bicyclic) bond motifs is 3. The third kappa shape index (κ3) is 5.38. The topological polar surface area (TPSA) is 143 Å². The number of nitrogens with one attached hydrogen (secondary N) is 1. The van der Waals surface area contributed by atoms with Crippen LogP contribution in [0.3, 0.4) is 0 Å². The van der Waals surface area contributed by atoms with Crippen LogP contribution in [0.25, 0.3) is 22.2 Å². The Morgan fingerprint density at radius 2 is 1.85 bits per heavy atom. The van der Waals surface area contributed by atoms with E-state index in [-0.39, 0.29) is 5.91 Å². The minimum Gasteiger partial charge on any atom is -0.397 e. The number of benzene rings is 1. The second-order valence-electron chi connectivity index (χ2n) is 5.53. The first-order valence-electron chi connectivity index (χ1n) is 7.76. The first-order valence-corrected chi connectivity index (χ1v) is 9.16. The quantitative estimate of drug-likeness (QED) is 0.406. The second kappa shape index (κ2) is 8.09. The lowest BCUT2D eigenvalue weighted by Gasteiger charge is -2.01. The third-order valence-electron chi connectivity index (χ3n) is 3.46. The zero-order valence-corrected chi connectivity index (χ0v) is 14.8. The number of nitrogens with zero attached hydrogens (tertiary/aromatic N) is 1. The van der Waals surface area contributed by atoms with Crippen molar-refractivity contribution in [1.82, 2.24) is 4.98 Å². The Hall–Kier alpha value is -2.75. The third-order valence-corrected chi connectivity index (χ3v) is 3.46. The van der Waals surface area contributed by atoms with Crippen molar-refractivity contribution in [3.8, 4) is 11.3 Å². The molecule has 26 heavy (non-hydrogen) atoms. The van der Waals surface area contributed by atoms with Gasteiger partial charge in [0.1, 0.15) is 0 Å². The van der Waals surface area contributed by atoms with Crippen molar-refractivity contribution >= 4 is 38.6 Å². The number of amides is 1. The summed E-state index contributed by atoms with van der Waals surface area (Å²) in [6.07, 6.45) is 1.35. The van der Waals surface area contributed by atoms with E-state index in [1.807, 2.05) is 49.4 Å². The van der Waals surface area contributed by atoms with E-state index in [4.69, 9.17) is 23.3 Å². The maximum Gasteiger partial charge on any atom is 0.394 e. The van der Waals surface area contributed by atoms with Crippen LogP contribution in [0.2, 0.25) is 0 Å². The zero-order chi connectivity index (χ0) is 19.3. The number of nitrogens with two attached hydrogens (primary N) is 1. The summed E-state index contributed by atoms with van der Waals surface area (Å²) in [5, 5.41) is 3.94. The highest BCUT2D eigenvalue weighted by atomic mass is 32.3. The van der Waals surface area contributed by atoms with Gasteiger partial charge in [-0.05, 0) is 24.6 Å². The molecule has 0 atom stereocenters. The number of nitrogen functional groups attached to an aromatic ring is 1. The molecule has 0 aromatic heterocycles. The van der Waals surface area contributed by atoms with Gasteiger partial charge < -0.3 is 11.1 Å². The Balaban J connectivity index is 0.000000431. The highest BCUT2D eigenvalue weighted by Gasteiger charge is 2.13. The Kier molecular flexibility index (Phi) is 6.09. The summed E-state index contributed by atoms with van der Waals surface area (Å²) < 4.78 is 31.6. The van der Waals surface area contributed by atoms with Gasteiger partial charge in [0.2, 0.25) is 5.91 Å². The fraction of sp³-hybridized carbons (Fsp3) is 0.176. The Morgan fingerprint density at radius 3 is 2.50 bits per heavy atom. The molecule has 138 valence electrons. The highest BCUT2D eigenvalue weighted by Crippen LogP contribution is 2.34. The van der Waals surface area contributed by atoms with Gasteiger partial charge in [-0.15, -0.1) is 0 Å². The molecule has 1 aromatic carbocycles. The maximum atomic E-state index is 11.7. The molecule has 0 radical (unpaired) electrons. The van der Waals surface area contributed by atoms with Gasteiger partial charge in [-0.1, -0.05) is 31.2 Å². The van der Waals surface area contributed by atoms with Crippen molar-refractivity contribution in [2.75, 3.05) is 11.1 Å². The molecule has 9 heteroatoms. The molecule has 2 aliphatic rings. The fourth-order valence-corrected chi connectivity index (χ4v) is 2.48. The summed E-state index contributed by atoms with van der Waals surface area (Å²) in [4.78, 5) is 16.3. The monoisotopic (exact) mass is 377 g/mol. The molecular formula is C17H19N3O5S. The smallest absolute Gasteiger partial charge is 0.394 e. The number of rotatable bonds is 3. The van der Waals surface area contributed by atoms with Crippen molar-refractivity contribution in [3.63, 3.8) is 0 Å². The molecule has 3 rings (SSSR count). The number of para-hydroxylation sites is 1. The average molecular weight is 377 g/mol. The van der Waals surface area contributed by atoms with Gasteiger partial charge in [-0.3, -0.25) is 13.9 Å². The number of hydrogen-bond donors (Lipinski definition) is 4. The molecule has 0 saturated carbocycles. The highest BCUT2D eigenvalue weighted by molar-refractivity contribution is 7.79. The largest absolute Gasteiger partial charge is 0.397 e. The summed E-state index contributed by atoms with van der Waals surface area (Å²) in [5.74, 6) is 0.0208. The molecular weight excluding hydrogens is 358 g/mol. The first kappa shape index (κ1) is 19.6. The van der Waals surface area contributed by atoms with Crippen molar-refractivity contribution in [2.24, 2.45) is 0 Å². The van der Waals surface area contributed by atoms with Crippen LogP contribution in [0.5, 0.6) is 0 Å². The maximum absolute atomic E-state index is 11.7. The number of carbonyl (C=O) groups is 1. The molecule has 5 N–H and O–H groups in total. The molecule has 0 spiro atoms. The minimum atomic E-state index is -4.67. The summed E-state index contributed by atoms with van der Waals surface area (Å²) in [6.45, 7) is 1.98. The number of carbonyl (C=O) groups excluding carboxylic acids is 1. The normalized spacial score (nSPS) is 11.0. The van der Waals surface area contributed by atoms with Crippen LogP contribution in [0, 0.1) is 0 Å². The summed E-state index contributed by atoms with van der Waals surface area (Å²) >= 11 is 0. The van der Waals surface area contributed by atoms with E-state index >= 15 is 0 Å². The lowest BCUT2D eigenvalue weighted by molar-refractivity contribution is -0.116. The summed E-state index contributed by atoms with van der Waals surface area (Å²) in [7, 11) is -4.67. The van der Waals surface area contributed by atoms with Gasteiger partial charge in [0, 0.05) is 23.1 Å². The molecule has 1 aromatic rings. The predicted molar refractivity (Wildman–Crippen MR) is 100 cm³/mol. The lowest BCUT2D eigenvalue weighted by atomic mass is 10.1. The van der Waals surface area contributed by atoms with Crippen molar-refractivity contribution < 1.29 is 22.3 Å². The van der Waals surface area contributed by atoms with E-state index in [0.29, 0.717) is 12.1 Å². The van der Waals surface area contributed by atoms with Gasteiger partial charge in [0.05, 0.1) is 16.9 Å². The minimum absolute atomic E-state index is 0.0208. The Bertz CT molecular complexity index is 997. The fourth-order valence-electron chi connectivity index (χ4n) is 2.48. The second-order valence-corrected chi connectivity index (χ2v) is 6.42. The van der Waals surface area contributed by atoms with Crippen molar-refractivity contribution in [3.05, 3.63) is 42.5 Å². The van der Waals surface area contributed by atoms with Crippen LogP contribution in [0.15, 0.2) is 42.5 Å². The summed E-state index contributed by atoms with van der Waals surface area (Å²) in [5.41, 5.74) is 10.1. The molecule has 8 nitrogen and oxygen atoms in total. The van der Waals surface area contributed by atoms with Crippen molar-refractivity contribution in [1.29, 1.82) is 0 Å². The molecule has 1 aliphatic heterocycles. The molecule has 0 fully saturated rings. The molecule has 1 heterocycles. The van der Waals surface area contributed by atoms with Gasteiger partial charge in [-0.2, -0.15) is 8.42 Å². The van der Waals surface area contributed by atoms with Crippen LogP contribution in [-0.2, 0) is 15.2 Å². The predicted octanol–water partition coefficient (Wildman–Crippen LogP) is 3.01. The lowest BCUT2D eigenvalue weighted by Crippen LogP contribution is -2.09. The number of hydrogen-bond acceptors (Lipinski definition) is 5. The Morgan fingerprint density at radius 1 is 1.19 bits per heavy atom. The van der Waals surface area contributed by atoms with Gasteiger partial charge >= 0.3 is 10.4 Å². The van der Waals surface area contributed by atoms with Crippen LogP contribution < -0.4 is 11.1 Å². The van der Waals surface area contributed by atoms with Crippen LogP contribution in [0.4, 0.5) is 11.4 Å². The van der Waals surface area contributed by atoms with E-state index in [2.05, 4.69) is 10.3 Å².